The third-order valence-electron chi connectivity index (χ3n) is 5.63. The second-order valence-corrected chi connectivity index (χ2v) is 8.50. The molecule has 6 nitrogen and oxygen atoms in total. The molecule has 0 saturated carbocycles. The van der Waals surface area contributed by atoms with Gasteiger partial charge in [-0.15, -0.1) is 0 Å². The van der Waals surface area contributed by atoms with E-state index in [9.17, 15) is 9.59 Å². The van der Waals surface area contributed by atoms with Crippen LogP contribution >= 0.6 is 11.6 Å². The van der Waals surface area contributed by atoms with E-state index in [-0.39, 0.29) is 29.3 Å². The number of carbonyl (C=O) groups is 1. The van der Waals surface area contributed by atoms with Crippen molar-refractivity contribution in [1.82, 2.24) is 0 Å². The summed E-state index contributed by atoms with van der Waals surface area (Å²) in [6.45, 7) is 4.28. The van der Waals surface area contributed by atoms with E-state index in [4.69, 9.17) is 30.2 Å². The number of ketones is 1. The molecule has 0 bridgehead atoms. The van der Waals surface area contributed by atoms with E-state index in [0.717, 1.165) is 11.1 Å². The van der Waals surface area contributed by atoms with Gasteiger partial charge in [0, 0.05) is 11.1 Å². The highest BCUT2D eigenvalue weighted by molar-refractivity contribution is 6.33. The summed E-state index contributed by atoms with van der Waals surface area (Å²) >= 11 is 6.41. The number of aryl methyl sites for hydroxylation is 2. The Kier molecular flexibility index (Phi) is 5.75. The monoisotopic (exact) mass is 476 g/mol. The first-order valence-electron chi connectivity index (χ1n) is 10.8. The number of halogens is 1. The van der Waals surface area contributed by atoms with Crippen LogP contribution in [0.2, 0.25) is 5.02 Å². The van der Waals surface area contributed by atoms with Crippen LogP contribution in [0.15, 0.2) is 63.8 Å². The van der Waals surface area contributed by atoms with Crippen LogP contribution in [0.3, 0.4) is 0 Å². The third-order valence-corrected chi connectivity index (χ3v) is 5.96. The highest BCUT2D eigenvalue weighted by Crippen LogP contribution is 2.36. The van der Waals surface area contributed by atoms with Crippen molar-refractivity contribution in [3.05, 3.63) is 86.5 Å². The zero-order valence-electron chi connectivity index (χ0n) is 18.6. The lowest BCUT2D eigenvalue weighted by Gasteiger charge is -2.18. The van der Waals surface area contributed by atoms with Gasteiger partial charge in [0.1, 0.15) is 18.8 Å². The summed E-state index contributed by atoms with van der Waals surface area (Å²) < 4.78 is 23.1. The molecule has 0 saturated heterocycles. The van der Waals surface area contributed by atoms with Gasteiger partial charge in [0.25, 0.3) is 0 Å². The lowest BCUT2D eigenvalue weighted by atomic mass is 10.0. The first-order chi connectivity index (χ1) is 16.4. The molecule has 0 fully saturated rings. The predicted molar refractivity (Wildman–Crippen MR) is 130 cm³/mol. The fourth-order valence-corrected chi connectivity index (χ4v) is 4.29. The van der Waals surface area contributed by atoms with Crippen LogP contribution in [0.4, 0.5) is 0 Å². The maximum absolute atomic E-state index is 13.5. The molecule has 2 heterocycles. The summed E-state index contributed by atoms with van der Waals surface area (Å²) in [5.74, 6) is 0.902. The quantitative estimate of drug-likeness (QED) is 0.341. The van der Waals surface area contributed by atoms with Crippen LogP contribution in [0, 0.1) is 13.8 Å². The van der Waals surface area contributed by atoms with Gasteiger partial charge in [-0.3, -0.25) is 9.59 Å². The summed E-state index contributed by atoms with van der Waals surface area (Å²) in [7, 11) is 0. The Morgan fingerprint density at radius 1 is 1.00 bits per heavy atom. The molecule has 0 aliphatic carbocycles. The summed E-state index contributed by atoms with van der Waals surface area (Å²) in [6, 6.07) is 15.7. The average molecular weight is 477 g/mol. The summed E-state index contributed by atoms with van der Waals surface area (Å²) in [6.07, 6.45) is 0. The molecular weight excluding hydrogens is 456 g/mol. The molecular formula is C27H21ClO6. The van der Waals surface area contributed by atoms with E-state index in [1.54, 1.807) is 48.5 Å². The van der Waals surface area contributed by atoms with Crippen molar-refractivity contribution in [2.24, 2.45) is 0 Å². The van der Waals surface area contributed by atoms with Crippen LogP contribution < -0.4 is 19.6 Å². The number of carbonyl (C=O) groups excluding carboxylic acids is 1. The zero-order chi connectivity index (χ0) is 23.8. The highest BCUT2D eigenvalue weighted by atomic mass is 35.5. The van der Waals surface area contributed by atoms with Crippen molar-refractivity contribution in [2.75, 3.05) is 19.8 Å². The Balaban J connectivity index is 1.56. The molecule has 7 heteroatoms. The van der Waals surface area contributed by atoms with Crippen LogP contribution in [0.25, 0.3) is 22.3 Å². The van der Waals surface area contributed by atoms with Crippen molar-refractivity contribution < 1.29 is 23.4 Å². The summed E-state index contributed by atoms with van der Waals surface area (Å²) in [5, 5.41) is 0.806. The summed E-state index contributed by atoms with van der Waals surface area (Å²) in [4.78, 5) is 26.5. The lowest BCUT2D eigenvalue weighted by molar-refractivity contribution is 0.0919. The molecule has 5 rings (SSSR count). The molecule has 4 aromatic rings. The van der Waals surface area contributed by atoms with E-state index in [0.29, 0.717) is 51.8 Å². The first-order valence-corrected chi connectivity index (χ1v) is 11.2. The van der Waals surface area contributed by atoms with Crippen molar-refractivity contribution in [3.63, 3.8) is 0 Å². The van der Waals surface area contributed by atoms with E-state index >= 15 is 0 Å². The smallest absolute Gasteiger partial charge is 0.235 e. The fourth-order valence-electron chi connectivity index (χ4n) is 4.06. The number of ether oxygens (including phenoxy) is 3. The van der Waals surface area contributed by atoms with E-state index in [1.165, 1.54) is 0 Å². The number of hydrogen-bond donors (Lipinski definition) is 0. The summed E-state index contributed by atoms with van der Waals surface area (Å²) in [5.41, 5.74) is 2.69. The van der Waals surface area contributed by atoms with Gasteiger partial charge in [-0.25, -0.2) is 0 Å². The molecule has 3 aromatic carbocycles. The van der Waals surface area contributed by atoms with Crippen LogP contribution in [0.5, 0.6) is 17.2 Å². The molecule has 1 aromatic heterocycles. The molecule has 0 radical (unpaired) electrons. The molecule has 172 valence electrons. The normalized spacial score (nSPS) is 12.6. The van der Waals surface area contributed by atoms with Crippen LogP contribution in [-0.2, 0) is 0 Å². The second-order valence-electron chi connectivity index (χ2n) is 8.09. The van der Waals surface area contributed by atoms with Crippen LogP contribution in [0.1, 0.15) is 21.5 Å². The lowest BCUT2D eigenvalue weighted by Crippen LogP contribution is -2.19. The van der Waals surface area contributed by atoms with Gasteiger partial charge in [0.05, 0.1) is 10.4 Å². The van der Waals surface area contributed by atoms with Gasteiger partial charge in [-0.05, 0) is 61.4 Å². The van der Waals surface area contributed by atoms with Crippen molar-refractivity contribution in [2.45, 2.75) is 13.8 Å². The van der Waals surface area contributed by atoms with Crippen LogP contribution in [-0.4, -0.2) is 25.6 Å². The van der Waals surface area contributed by atoms with Gasteiger partial charge in [0.15, 0.2) is 29.6 Å². The largest absolute Gasteiger partial charge is 0.486 e. The Labute approximate surface area is 200 Å². The SMILES string of the molecule is Cc1cc(C)c2c(=O)c(OCC(=O)c3ccc4c(c3)OCCO4)c(-c3ccccc3Cl)oc2c1. The minimum Gasteiger partial charge on any atom is -0.486 e. The topological polar surface area (TPSA) is 75.0 Å². The zero-order valence-corrected chi connectivity index (χ0v) is 19.4. The molecule has 0 unspecified atom stereocenters. The maximum atomic E-state index is 13.5. The molecule has 0 atom stereocenters. The van der Waals surface area contributed by atoms with Gasteiger partial charge < -0.3 is 18.6 Å². The number of fused-ring (bicyclic) bond motifs is 2. The van der Waals surface area contributed by atoms with Gasteiger partial charge in [-0.2, -0.15) is 0 Å². The molecule has 0 amide bonds. The Morgan fingerprint density at radius 3 is 2.56 bits per heavy atom. The van der Waals surface area contributed by atoms with Gasteiger partial charge >= 0.3 is 0 Å². The number of hydrogen-bond acceptors (Lipinski definition) is 6. The van der Waals surface area contributed by atoms with Gasteiger partial charge in [0.2, 0.25) is 11.2 Å². The molecule has 0 N–H and O–H groups in total. The number of benzene rings is 3. The maximum Gasteiger partial charge on any atom is 0.235 e. The fraction of sp³-hybridized carbons (Fsp3) is 0.185. The Hall–Kier alpha value is -3.77. The van der Waals surface area contributed by atoms with Crippen molar-refractivity contribution >= 4 is 28.4 Å². The van der Waals surface area contributed by atoms with Crippen molar-refractivity contribution in [3.8, 4) is 28.6 Å². The van der Waals surface area contributed by atoms with E-state index in [1.807, 2.05) is 19.9 Å². The van der Waals surface area contributed by atoms with Crippen molar-refractivity contribution in [1.29, 1.82) is 0 Å². The van der Waals surface area contributed by atoms with E-state index < -0.39 is 0 Å². The molecule has 1 aliphatic heterocycles. The molecule has 0 spiro atoms. The average Bonchev–Trinajstić information content (AvgIpc) is 2.82. The minimum atomic E-state index is -0.363. The molecule has 34 heavy (non-hydrogen) atoms. The predicted octanol–water partition coefficient (Wildman–Crippen LogP) is 5.76. The van der Waals surface area contributed by atoms with E-state index in [2.05, 4.69) is 0 Å². The number of rotatable bonds is 5. The third kappa shape index (κ3) is 4.01. The Bertz CT molecular complexity index is 1490. The second kappa shape index (κ2) is 8.88. The first kappa shape index (κ1) is 22.0. The standard InChI is InChI=1S/C27H21ClO6/c1-15-11-16(2)24-23(12-15)34-26(18-5-3-4-6-19(18)28)27(25(24)30)33-14-20(29)17-7-8-21-22(13-17)32-10-9-31-21/h3-8,11-13H,9-10,14H2,1-2H3. The number of Topliss-reactive ketones (excluding diaryl/α,β-unsaturated/α-hetero) is 1. The minimum absolute atomic E-state index is 0.0570. The van der Waals surface area contributed by atoms with Gasteiger partial charge in [-0.1, -0.05) is 29.8 Å². The molecule has 1 aliphatic rings. The highest BCUT2D eigenvalue weighted by Gasteiger charge is 2.22. The Morgan fingerprint density at radius 2 is 1.76 bits per heavy atom.